The third-order valence-electron chi connectivity index (χ3n) is 5.09. The van der Waals surface area contributed by atoms with Crippen molar-refractivity contribution in [2.75, 3.05) is 51.3 Å². The highest BCUT2D eigenvalue weighted by Gasteiger charge is 2.24. The lowest BCUT2D eigenvalue weighted by molar-refractivity contribution is -0.139. The van der Waals surface area contributed by atoms with Crippen molar-refractivity contribution >= 4 is 17.6 Å². The van der Waals surface area contributed by atoms with Gasteiger partial charge in [0.05, 0.1) is 12.8 Å². The van der Waals surface area contributed by atoms with Crippen LogP contribution < -0.4 is 9.64 Å². The van der Waals surface area contributed by atoms with Crippen molar-refractivity contribution in [2.24, 2.45) is 0 Å². The summed E-state index contributed by atoms with van der Waals surface area (Å²) >= 11 is 0. The standard InChI is InChI=1S/C22H27N5O3/c1-4-10-27(17(2)28)16-22(29)26-13-11-25(12-14-26)21-9-8-20(23-24-21)18-6-5-7-19(15-18)30-3/h4-9,15H,1,10-14,16H2,2-3H3. The fourth-order valence-electron chi connectivity index (χ4n) is 3.34. The van der Waals surface area contributed by atoms with E-state index in [-0.39, 0.29) is 18.4 Å². The van der Waals surface area contributed by atoms with Crippen LogP contribution in [0.25, 0.3) is 11.3 Å². The molecule has 0 N–H and O–H groups in total. The molecule has 0 atom stereocenters. The van der Waals surface area contributed by atoms with Crippen LogP contribution in [0, 0.1) is 0 Å². The zero-order chi connectivity index (χ0) is 21.5. The second kappa shape index (κ2) is 9.87. The van der Waals surface area contributed by atoms with Crippen LogP contribution in [0.2, 0.25) is 0 Å². The summed E-state index contributed by atoms with van der Waals surface area (Å²) in [5.41, 5.74) is 1.72. The molecular weight excluding hydrogens is 382 g/mol. The molecule has 1 aliphatic rings. The molecule has 8 heteroatoms. The number of rotatable bonds is 7. The lowest BCUT2D eigenvalue weighted by Gasteiger charge is -2.36. The van der Waals surface area contributed by atoms with Crippen LogP contribution in [0.3, 0.4) is 0 Å². The average molecular weight is 409 g/mol. The van der Waals surface area contributed by atoms with E-state index in [2.05, 4.69) is 21.7 Å². The van der Waals surface area contributed by atoms with Gasteiger partial charge in [0.1, 0.15) is 12.3 Å². The first kappa shape index (κ1) is 21.3. The van der Waals surface area contributed by atoms with Gasteiger partial charge >= 0.3 is 0 Å². The van der Waals surface area contributed by atoms with E-state index >= 15 is 0 Å². The van der Waals surface area contributed by atoms with E-state index in [1.165, 1.54) is 11.8 Å². The van der Waals surface area contributed by atoms with Crippen molar-refractivity contribution in [3.63, 3.8) is 0 Å². The van der Waals surface area contributed by atoms with E-state index in [1.54, 1.807) is 18.1 Å². The molecule has 1 fully saturated rings. The second-order valence-electron chi connectivity index (χ2n) is 7.06. The molecule has 1 saturated heterocycles. The van der Waals surface area contributed by atoms with E-state index in [0.29, 0.717) is 32.7 Å². The highest BCUT2D eigenvalue weighted by molar-refractivity contribution is 5.84. The van der Waals surface area contributed by atoms with Crippen molar-refractivity contribution in [1.29, 1.82) is 0 Å². The van der Waals surface area contributed by atoms with Crippen LogP contribution >= 0.6 is 0 Å². The first-order valence-electron chi connectivity index (χ1n) is 9.89. The van der Waals surface area contributed by atoms with E-state index in [9.17, 15) is 9.59 Å². The number of hydrogen-bond acceptors (Lipinski definition) is 6. The van der Waals surface area contributed by atoms with Crippen molar-refractivity contribution in [1.82, 2.24) is 20.0 Å². The minimum absolute atomic E-state index is 0.0499. The number of amides is 2. The zero-order valence-electron chi connectivity index (χ0n) is 17.5. The number of hydrogen-bond donors (Lipinski definition) is 0. The maximum atomic E-state index is 12.5. The number of nitrogens with zero attached hydrogens (tertiary/aromatic N) is 5. The third-order valence-corrected chi connectivity index (χ3v) is 5.09. The summed E-state index contributed by atoms with van der Waals surface area (Å²) in [5, 5.41) is 8.72. The summed E-state index contributed by atoms with van der Waals surface area (Å²) in [4.78, 5) is 29.5. The highest BCUT2D eigenvalue weighted by Crippen LogP contribution is 2.23. The lowest BCUT2D eigenvalue weighted by atomic mass is 10.1. The summed E-state index contributed by atoms with van der Waals surface area (Å²) in [6.45, 7) is 8.04. The maximum absolute atomic E-state index is 12.5. The molecule has 158 valence electrons. The Morgan fingerprint density at radius 1 is 1.17 bits per heavy atom. The molecule has 0 saturated carbocycles. The van der Waals surface area contributed by atoms with Gasteiger partial charge < -0.3 is 19.4 Å². The van der Waals surface area contributed by atoms with Gasteiger partial charge in [0, 0.05) is 45.2 Å². The molecular formula is C22H27N5O3. The lowest BCUT2D eigenvalue weighted by Crippen LogP contribution is -2.52. The van der Waals surface area contributed by atoms with Crippen LogP contribution in [-0.4, -0.2) is 78.2 Å². The molecule has 0 spiro atoms. The molecule has 1 aromatic heterocycles. The second-order valence-corrected chi connectivity index (χ2v) is 7.06. The van der Waals surface area contributed by atoms with Crippen molar-refractivity contribution in [3.05, 3.63) is 49.1 Å². The molecule has 0 unspecified atom stereocenters. The van der Waals surface area contributed by atoms with Gasteiger partial charge in [-0.15, -0.1) is 16.8 Å². The molecule has 1 aliphatic heterocycles. The molecule has 2 aromatic rings. The zero-order valence-corrected chi connectivity index (χ0v) is 17.5. The number of carbonyl (C=O) groups is 2. The largest absolute Gasteiger partial charge is 0.497 e. The molecule has 8 nitrogen and oxygen atoms in total. The molecule has 0 bridgehead atoms. The number of methoxy groups -OCH3 is 1. The quantitative estimate of drug-likeness (QED) is 0.650. The Kier molecular flexibility index (Phi) is 7.00. The van der Waals surface area contributed by atoms with Gasteiger partial charge in [-0.25, -0.2) is 0 Å². The summed E-state index contributed by atoms with van der Waals surface area (Å²) in [5.74, 6) is 1.38. The topological polar surface area (TPSA) is 78.9 Å². The number of anilines is 1. The molecule has 0 aliphatic carbocycles. The summed E-state index contributed by atoms with van der Waals surface area (Å²) in [7, 11) is 1.63. The first-order valence-corrected chi connectivity index (χ1v) is 9.89. The SMILES string of the molecule is C=CCN(CC(=O)N1CCN(c2ccc(-c3cccc(OC)c3)nn2)CC1)C(C)=O. The summed E-state index contributed by atoms with van der Waals surface area (Å²) in [6, 6.07) is 11.6. The van der Waals surface area contributed by atoms with Gasteiger partial charge in [0.15, 0.2) is 5.82 Å². The van der Waals surface area contributed by atoms with Gasteiger partial charge in [-0.1, -0.05) is 18.2 Å². The van der Waals surface area contributed by atoms with Crippen molar-refractivity contribution in [3.8, 4) is 17.0 Å². The monoisotopic (exact) mass is 409 g/mol. The number of benzene rings is 1. The smallest absolute Gasteiger partial charge is 0.242 e. The van der Waals surface area contributed by atoms with Gasteiger partial charge in [0.2, 0.25) is 11.8 Å². The normalized spacial score (nSPS) is 13.7. The van der Waals surface area contributed by atoms with Crippen molar-refractivity contribution < 1.29 is 14.3 Å². The third kappa shape index (κ3) is 5.14. The number of aromatic nitrogens is 2. The molecule has 1 aromatic carbocycles. The van der Waals surface area contributed by atoms with Gasteiger partial charge in [0.25, 0.3) is 0 Å². The van der Waals surface area contributed by atoms with Crippen LogP contribution in [0.1, 0.15) is 6.92 Å². The van der Waals surface area contributed by atoms with Crippen LogP contribution in [0.15, 0.2) is 49.1 Å². The minimum atomic E-state index is -0.131. The van der Waals surface area contributed by atoms with E-state index in [4.69, 9.17) is 4.74 Å². The molecule has 0 radical (unpaired) electrons. The maximum Gasteiger partial charge on any atom is 0.242 e. The fraction of sp³-hybridized carbons (Fsp3) is 0.364. The Morgan fingerprint density at radius 2 is 1.93 bits per heavy atom. The number of ether oxygens (including phenoxy) is 1. The van der Waals surface area contributed by atoms with Crippen LogP contribution in [0.5, 0.6) is 5.75 Å². The fourth-order valence-corrected chi connectivity index (χ4v) is 3.34. The van der Waals surface area contributed by atoms with E-state index < -0.39 is 0 Å². The van der Waals surface area contributed by atoms with Crippen LogP contribution in [0.4, 0.5) is 5.82 Å². The number of piperazine rings is 1. The van der Waals surface area contributed by atoms with Gasteiger partial charge in [-0.2, -0.15) is 0 Å². The van der Waals surface area contributed by atoms with Crippen molar-refractivity contribution in [2.45, 2.75) is 6.92 Å². The Labute approximate surface area is 176 Å². The Balaban J connectivity index is 1.57. The Hall–Kier alpha value is -3.42. The predicted molar refractivity (Wildman–Crippen MR) is 115 cm³/mol. The Bertz CT molecular complexity index is 892. The van der Waals surface area contributed by atoms with Crippen LogP contribution in [-0.2, 0) is 9.59 Å². The number of carbonyl (C=O) groups excluding carboxylic acids is 2. The Morgan fingerprint density at radius 3 is 2.53 bits per heavy atom. The summed E-state index contributed by atoms with van der Waals surface area (Å²) in [6.07, 6.45) is 1.63. The van der Waals surface area contributed by atoms with Gasteiger partial charge in [-0.3, -0.25) is 9.59 Å². The average Bonchev–Trinajstić information content (AvgIpc) is 2.79. The molecule has 2 heterocycles. The molecule has 30 heavy (non-hydrogen) atoms. The molecule has 3 rings (SSSR count). The van der Waals surface area contributed by atoms with E-state index in [1.807, 2.05) is 36.4 Å². The van der Waals surface area contributed by atoms with E-state index in [0.717, 1.165) is 22.8 Å². The minimum Gasteiger partial charge on any atom is -0.497 e. The molecule has 2 amide bonds. The predicted octanol–water partition coefficient (Wildman–Crippen LogP) is 1.84. The van der Waals surface area contributed by atoms with Gasteiger partial charge in [-0.05, 0) is 24.3 Å². The summed E-state index contributed by atoms with van der Waals surface area (Å²) < 4.78 is 5.26. The highest BCUT2D eigenvalue weighted by atomic mass is 16.5. The first-order chi connectivity index (χ1) is 14.5.